The van der Waals surface area contributed by atoms with E-state index in [0.29, 0.717) is 30.1 Å². The Hall–Kier alpha value is -4.16. The molecule has 3 aromatic heterocycles. The molecule has 0 bridgehead atoms. The lowest BCUT2D eigenvalue weighted by molar-refractivity contribution is 0.0950. The average Bonchev–Trinajstić information content (AvgIpc) is 3.27. The van der Waals surface area contributed by atoms with Crippen molar-refractivity contribution in [1.82, 2.24) is 19.9 Å². The minimum atomic E-state index is -0.175. The number of amides is 1. The molecule has 1 amide bonds. The third kappa shape index (κ3) is 5.34. The van der Waals surface area contributed by atoms with Gasteiger partial charge in [-0.3, -0.25) is 14.6 Å². The van der Waals surface area contributed by atoms with Crippen LogP contribution in [-0.4, -0.2) is 20.4 Å². The highest BCUT2D eigenvalue weighted by Crippen LogP contribution is 2.22. The van der Waals surface area contributed by atoms with Crippen molar-refractivity contribution >= 4 is 28.4 Å². The molecule has 0 aliphatic rings. The van der Waals surface area contributed by atoms with E-state index in [-0.39, 0.29) is 11.5 Å². The molecule has 2 N–H and O–H groups in total. The normalized spacial score (nSPS) is 11.0. The minimum Gasteiger partial charge on any atom is -0.361 e. The molecule has 7 heteroatoms. The highest BCUT2D eigenvalue weighted by Gasteiger charge is 2.10. The largest absolute Gasteiger partial charge is 0.361 e. The number of fused-ring (bicyclic) bond motifs is 1. The predicted octanol–water partition coefficient (Wildman–Crippen LogP) is 4.95. The lowest BCUT2D eigenvalue weighted by Gasteiger charge is -2.08. The Labute approximate surface area is 207 Å². The lowest BCUT2D eigenvalue weighted by Crippen LogP contribution is -2.23. The smallest absolute Gasteiger partial charge is 0.253 e. The van der Waals surface area contributed by atoms with Crippen LogP contribution in [0.1, 0.15) is 32.6 Å². The third-order valence-corrected chi connectivity index (χ3v) is 6.14. The number of nitrogens with one attached hydrogen (secondary N) is 2. The number of benzene rings is 2. The van der Waals surface area contributed by atoms with Gasteiger partial charge in [0.25, 0.3) is 11.5 Å². The highest BCUT2D eigenvalue weighted by molar-refractivity contribution is 6.31. The van der Waals surface area contributed by atoms with Crippen molar-refractivity contribution in [2.45, 2.75) is 19.5 Å². The van der Waals surface area contributed by atoms with Gasteiger partial charge in [0.05, 0.1) is 12.1 Å². The van der Waals surface area contributed by atoms with E-state index in [1.165, 1.54) is 0 Å². The molecular weight excluding hydrogens is 460 g/mol. The van der Waals surface area contributed by atoms with Gasteiger partial charge in [-0.05, 0) is 52.9 Å². The topological polar surface area (TPSA) is 79.8 Å². The molecule has 5 rings (SSSR count). The first-order valence-corrected chi connectivity index (χ1v) is 11.6. The molecule has 2 aromatic carbocycles. The van der Waals surface area contributed by atoms with Gasteiger partial charge in [-0.15, -0.1) is 0 Å². The van der Waals surface area contributed by atoms with E-state index < -0.39 is 0 Å². The second-order valence-corrected chi connectivity index (χ2v) is 8.86. The summed E-state index contributed by atoms with van der Waals surface area (Å²) in [4.78, 5) is 32.1. The summed E-state index contributed by atoms with van der Waals surface area (Å²) in [6.07, 6.45) is 7.68. The van der Waals surface area contributed by atoms with E-state index in [0.717, 1.165) is 33.2 Å². The highest BCUT2D eigenvalue weighted by atomic mass is 35.5. The number of nitrogens with zero attached hydrogens (tertiary/aromatic N) is 2. The molecule has 174 valence electrons. The van der Waals surface area contributed by atoms with Crippen LogP contribution in [0.3, 0.4) is 0 Å². The number of pyridine rings is 2. The van der Waals surface area contributed by atoms with Crippen molar-refractivity contribution in [1.29, 1.82) is 0 Å². The number of H-pyrrole nitrogens is 1. The van der Waals surface area contributed by atoms with Gasteiger partial charge in [0.15, 0.2) is 0 Å². The molecule has 6 nitrogen and oxygen atoms in total. The quantitative estimate of drug-likeness (QED) is 0.344. The summed E-state index contributed by atoms with van der Waals surface area (Å²) in [6, 6.07) is 20.8. The molecular formula is C28H23ClN4O2. The van der Waals surface area contributed by atoms with E-state index >= 15 is 0 Å². The van der Waals surface area contributed by atoms with Crippen LogP contribution in [-0.2, 0) is 19.5 Å². The predicted molar refractivity (Wildman–Crippen MR) is 138 cm³/mol. The molecule has 0 saturated heterocycles. The maximum absolute atomic E-state index is 12.8. The number of carbonyl (C=O) groups excluding carboxylic acids is 1. The van der Waals surface area contributed by atoms with E-state index in [2.05, 4.69) is 15.3 Å². The van der Waals surface area contributed by atoms with Crippen molar-refractivity contribution in [3.05, 3.63) is 135 Å². The second-order valence-electron chi connectivity index (χ2n) is 8.43. The maximum atomic E-state index is 12.8. The number of halogens is 1. The van der Waals surface area contributed by atoms with Crippen molar-refractivity contribution in [2.75, 3.05) is 0 Å². The second kappa shape index (κ2) is 9.99. The molecule has 0 aliphatic heterocycles. The number of rotatable bonds is 7. The van der Waals surface area contributed by atoms with E-state index in [4.69, 9.17) is 11.6 Å². The Morgan fingerprint density at radius 1 is 0.971 bits per heavy atom. The molecule has 0 fully saturated rings. The zero-order valence-corrected chi connectivity index (χ0v) is 19.6. The van der Waals surface area contributed by atoms with E-state index in [1.54, 1.807) is 35.3 Å². The van der Waals surface area contributed by atoms with Crippen LogP contribution in [0, 0.1) is 0 Å². The van der Waals surface area contributed by atoms with Gasteiger partial charge in [-0.2, -0.15) is 0 Å². The van der Waals surface area contributed by atoms with Crippen LogP contribution in [0.25, 0.3) is 10.9 Å². The van der Waals surface area contributed by atoms with Crippen LogP contribution in [0.15, 0.2) is 96.3 Å². The zero-order valence-electron chi connectivity index (χ0n) is 18.9. The molecule has 0 radical (unpaired) electrons. The average molecular weight is 483 g/mol. The van der Waals surface area contributed by atoms with Crippen molar-refractivity contribution in [2.24, 2.45) is 0 Å². The SMILES string of the molecule is O=C(NCc1c[nH]c2cc(Cl)ccc12)c1cncc(Cc2ccc(Cn3ccccc3=O)cc2)c1. The van der Waals surface area contributed by atoms with Gasteiger partial charge in [-0.1, -0.05) is 48.0 Å². The van der Waals surface area contributed by atoms with Crippen molar-refractivity contribution in [3.8, 4) is 0 Å². The van der Waals surface area contributed by atoms with Crippen LogP contribution < -0.4 is 10.9 Å². The molecule has 5 aromatic rings. The molecule has 0 unspecified atom stereocenters. The summed E-state index contributed by atoms with van der Waals surface area (Å²) in [7, 11) is 0. The van der Waals surface area contributed by atoms with E-state index in [1.807, 2.05) is 60.8 Å². The van der Waals surface area contributed by atoms with Gasteiger partial charge < -0.3 is 14.9 Å². The Morgan fingerprint density at radius 2 is 1.80 bits per heavy atom. The Morgan fingerprint density at radius 3 is 2.63 bits per heavy atom. The molecule has 0 atom stereocenters. The fraction of sp³-hybridized carbons (Fsp3) is 0.107. The molecule has 0 aliphatic carbocycles. The van der Waals surface area contributed by atoms with Crippen LogP contribution >= 0.6 is 11.6 Å². The molecule has 0 spiro atoms. The first-order chi connectivity index (χ1) is 17.0. The Bertz CT molecular complexity index is 1550. The third-order valence-electron chi connectivity index (χ3n) is 5.91. The Kier molecular flexibility index (Phi) is 6.46. The molecule has 3 heterocycles. The van der Waals surface area contributed by atoms with E-state index in [9.17, 15) is 9.59 Å². The zero-order chi connectivity index (χ0) is 24.2. The number of aromatic amines is 1. The summed E-state index contributed by atoms with van der Waals surface area (Å²) in [5, 5.41) is 4.67. The van der Waals surface area contributed by atoms with Crippen LogP contribution in [0.5, 0.6) is 0 Å². The summed E-state index contributed by atoms with van der Waals surface area (Å²) < 4.78 is 1.67. The standard InChI is InChI=1S/C28H23ClN4O2/c29-24-8-9-25-23(16-31-26(25)13-24)17-32-28(35)22-12-21(14-30-15-22)11-19-4-6-20(7-5-19)18-33-10-2-1-3-27(33)34/h1-10,12-16,31H,11,17-18H2,(H,32,35). The summed E-state index contributed by atoms with van der Waals surface area (Å²) in [5.41, 5.74) is 5.53. The van der Waals surface area contributed by atoms with Crippen molar-refractivity contribution in [3.63, 3.8) is 0 Å². The number of hydrogen-bond donors (Lipinski definition) is 2. The summed E-state index contributed by atoms with van der Waals surface area (Å²) in [6.45, 7) is 0.928. The van der Waals surface area contributed by atoms with Crippen molar-refractivity contribution < 1.29 is 4.79 Å². The molecule has 0 saturated carbocycles. The summed E-state index contributed by atoms with van der Waals surface area (Å²) >= 11 is 6.05. The minimum absolute atomic E-state index is 0.0215. The molecule has 35 heavy (non-hydrogen) atoms. The van der Waals surface area contributed by atoms with Gasteiger partial charge >= 0.3 is 0 Å². The number of carbonyl (C=O) groups is 1. The van der Waals surface area contributed by atoms with Gasteiger partial charge in [-0.25, -0.2) is 0 Å². The number of aromatic nitrogens is 3. The maximum Gasteiger partial charge on any atom is 0.253 e. The Balaban J connectivity index is 1.22. The monoisotopic (exact) mass is 482 g/mol. The van der Waals surface area contributed by atoms with Gasteiger partial charge in [0.2, 0.25) is 0 Å². The first-order valence-electron chi connectivity index (χ1n) is 11.3. The lowest BCUT2D eigenvalue weighted by atomic mass is 10.0. The number of hydrogen-bond acceptors (Lipinski definition) is 3. The van der Waals surface area contributed by atoms with Gasteiger partial charge in [0, 0.05) is 53.3 Å². The van der Waals surface area contributed by atoms with Crippen LogP contribution in [0.2, 0.25) is 5.02 Å². The first kappa shape index (κ1) is 22.6. The van der Waals surface area contributed by atoms with Crippen LogP contribution in [0.4, 0.5) is 0 Å². The summed E-state index contributed by atoms with van der Waals surface area (Å²) in [5.74, 6) is -0.175. The van der Waals surface area contributed by atoms with Gasteiger partial charge in [0.1, 0.15) is 0 Å². The fourth-order valence-corrected chi connectivity index (χ4v) is 4.25. The fourth-order valence-electron chi connectivity index (χ4n) is 4.08.